The lowest BCUT2D eigenvalue weighted by Crippen LogP contribution is -2.23. The van der Waals surface area contributed by atoms with Crippen LogP contribution in [0.15, 0.2) is 54.7 Å². The van der Waals surface area contributed by atoms with Crippen molar-refractivity contribution in [3.05, 3.63) is 82.3 Å². The number of hydrogen-bond donors (Lipinski definition) is 3. The van der Waals surface area contributed by atoms with Gasteiger partial charge in [0.15, 0.2) is 4.77 Å². The maximum absolute atomic E-state index is 13.9. The number of imidazole rings is 1. The molecule has 0 saturated carbocycles. The van der Waals surface area contributed by atoms with Gasteiger partial charge in [-0.2, -0.15) is 0 Å². The van der Waals surface area contributed by atoms with Crippen LogP contribution < -0.4 is 10.1 Å². The molecule has 0 aliphatic rings. The number of pyridine rings is 1. The molecular formula is C20H14F2N4O2S. The summed E-state index contributed by atoms with van der Waals surface area (Å²) in [4.78, 5) is 22.4. The second kappa shape index (κ2) is 7.80. The van der Waals surface area contributed by atoms with E-state index in [1.807, 2.05) is 0 Å². The van der Waals surface area contributed by atoms with Crippen molar-refractivity contribution in [2.24, 2.45) is 0 Å². The molecule has 3 N–H and O–H groups in total. The number of benzene rings is 2. The molecule has 2 aromatic heterocycles. The monoisotopic (exact) mass is 412 g/mol. The Labute approximate surface area is 168 Å². The van der Waals surface area contributed by atoms with Crippen molar-refractivity contribution in [1.82, 2.24) is 20.3 Å². The van der Waals surface area contributed by atoms with Gasteiger partial charge in [-0.15, -0.1) is 0 Å². The number of hydrogen-bond acceptors (Lipinski definition) is 4. The molecule has 0 aliphatic carbocycles. The molecule has 146 valence electrons. The van der Waals surface area contributed by atoms with Crippen LogP contribution >= 0.6 is 12.2 Å². The number of aromatic amines is 2. The number of carbonyl (C=O) groups excluding carboxylic acids is 1. The van der Waals surface area contributed by atoms with Crippen molar-refractivity contribution >= 4 is 29.2 Å². The Balaban J connectivity index is 1.56. The van der Waals surface area contributed by atoms with Crippen LogP contribution in [0.4, 0.5) is 8.78 Å². The maximum atomic E-state index is 13.9. The van der Waals surface area contributed by atoms with E-state index in [4.69, 9.17) is 17.0 Å². The zero-order valence-electron chi connectivity index (χ0n) is 14.8. The van der Waals surface area contributed by atoms with Crippen LogP contribution in [0.3, 0.4) is 0 Å². The number of amides is 1. The molecule has 29 heavy (non-hydrogen) atoms. The number of fused-ring (bicyclic) bond motifs is 1. The van der Waals surface area contributed by atoms with Crippen LogP contribution in [0.2, 0.25) is 0 Å². The van der Waals surface area contributed by atoms with Gasteiger partial charge in [0, 0.05) is 24.4 Å². The minimum atomic E-state index is -0.565. The summed E-state index contributed by atoms with van der Waals surface area (Å²) in [5.74, 6) is -0.996. The molecule has 0 atom stereocenters. The zero-order valence-corrected chi connectivity index (χ0v) is 15.6. The minimum absolute atomic E-state index is 0.0699. The van der Waals surface area contributed by atoms with Crippen molar-refractivity contribution in [2.45, 2.75) is 6.54 Å². The van der Waals surface area contributed by atoms with Crippen molar-refractivity contribution in [1.29, 1.82) is 0 Å². The molecule has 0 unspecified atom stereocenters. The Bertz CT molecular complexity index is 1270. The van der Waals surface area contributed by atoms with E-state index in [9.17, 15) is 13.6 Å². The summed E-state index contributed by atoms with van der Waals surface area (Å²) in [6, 6.07) is 11.4. The van der Waals surface area contributed by atoms with E-state index >= 15 is 0 Å². The molecule has 0 fully saturated rings. The van der Waals surface area contributed by atoms with Crippen molar-refractivity contribution in [2.75, 3.05) is 0 Å². The van der Waals surface area contributed by atoms with Crippen LogP contribution in [0, 0.1) is 16.4 Å². The molecule has 2 heterocycles. The zero-order chi connectivity index (χ0) is 20.4. The van der Waals surface area contributed by atoms with Gasteiger partial charge in [0.2, 0.25) is 5.88 Å². The van der Waals surface area contributed by atoms with Crippen molar-refractivity contribution in [3.8, 4) is 11.6 Å². The average molecular weight is 412 g/mol. The molecule has 6 nitrogen and oxygen atoms in total. The van der Waals surface area contributed by atoms with Gasteiger partial charge in [-0.25, -0.2) is 13.8 Å². The fourth-order valence-corrected chi connectivity index (χ4v) is 3.06. The highest BCUT2D eigenvalue weighted by Gasteiger charge is 2.15. The fraction of sp³-hybridized carbons (Fsp3) is 0.0500. The van der Waals surface area contributed by atoms with Gasteiger partial charge in [0.05, 0.1) is 16.6 Å². The van der Waals surface area contributed by atoms with Gasteiger partial charge in [-0.3, -0.25) is 4.79 Å². The Hall–Kier alpha value is -3.59. The number of carbonyl (C=O) groups is 1. The van der Waals surface area contributed by atoms with Gasteiger partial charge in [0.1, 0.15) is 17.4 Å². The second-order valence-electron chi connectivity index (χ2n) is 6.16. The lowest BCUT2D eigenvalue weighted by atomic mass is 10.1. The second-order valence-corrected chi connectivity index (χ2v) is 6.57. The standard InChI is InChI=1S/C20H14F2N4O2S/c21-12-4-1-5-14(7-12)28-19-11(3-2-6-23-19)10-24-18(27)15-8-13(22)9-16-17(15)26-20(29)25-16/h1-9H,10H2,(H,24,27)(H2,25,26,29). The maximum Gasteiger partial charge on any atom is 0.253 e. The van der Waals surface area contributed by atoms with Crippen LogP contribution in [-0.2, 0) is 6.54 Å². The molecule has 0 saturated heterocycles. The molecule has 0 radical (unpaired) electrons. The predicted molar refractivity (Wildman–Crippen MR) is 105 cm³/mol. The quantitative estimate of drug-likeness (QED) is 0.418. The fourth-order valence-electron chi connectivity index (χ4n) is 2.85. The number of ether oxygens (including phenoxy) is 1. The Kier molecular flexibility index (Phi) is 5.05. The Morgan fingerprint density at radius 3 is 2.79 bits per heavy atom. The predicted octanol–water partition coefficient (Wildman–Crippen LogP) is 4.62. The van der Waals surface area contributed by atoms with Gasteiger partial charge in [-0.05, 0) is 42.5 Å². The van der Waals surface area contributed by atoms with E-state index in [1.165, 1.54) is 30.5 Å². The van der Waals surface area contributed by atoms with Gasteiger partial charge in [-0.1, -0.05) is 12.1 Å². The normalized spacial score (nSPS) is 10.8. The number of halogens is 2. The van der Waals surface area contributed by atoms with Gasteiger partial charge in [0.25, 0.3) is 5.91 Å². The smallest absolute Gasteiger partial charge is 0.253 e. The van der Waals surface area contributed by atoms with E-state index in [-0.39, 0.29) is 28.5 Å². The first-order valence-corrected chi connectivity index (χ1v) is 8.97. The van der Waals surface area contributed by atoms with Gasteiger partial charge >= 0.3 is 0 Å². The van der Waals surface area contributed by atoms with Gasteiger partial charge < -0.3 is 20.0 Å². The highest BCUT2D eigenvalue weighted by molar-refractivity contribution is 7.71. The minimum Gasteiger partial charge on any atom is -0.439 e. The van der Waals surface area contributed by atoms with E-state index in [1.54, 1.807) is 18.2 Å². The van der Waals surface area contributed by atoms with Crippen molar-refractivity contribution in [3.63, 3.8) is 0 Å². The number of nitrogens with zero attached hydrogens (tertiary/aromatic N) is 1. The average Bonchev–Trinajstić information content (AvgIpc) is 3.06. The Morgan fingerprint density at radius 2 is 1.97 bits per heavy atom. The first-order valence-electron chi connectivity index (χ1n) is 8.56. The van der Waals surface area contributed by atoms with E-state index in [2.05, 4.69) is 20.3 Å². The third kappa shape index (κ3) is 4.14. The third-order valence-corrected chi connectivity index (χ3v) is 4.34. The van der Waals surface area contributed by atoms with Crippen LogP contribution in [-0.4, -0.2) is 20.9 Å². The van der Waals surface area contributed by atoms with E-state index < -0.39 is 17.5 Å². The van der Waals surface area contributed by atoms with Crippen molar-refractivity contribution < 1.29 is 18.3 Å². The first kappa shape index (κ1) is 18.8. The summed E-state index contributed by atoms with van der Waals surface area (Å²) < 4.78 is 33.2. The summed E-state index contributed by atoms with van der Waals surface area (Å²) in [6.07, 6.45) is 1.52. The van der Waals surface area contributed by atoms with Crippen LogP contribution in [0.1, 0.15) is 15.9 Å². The number of aromatic nitrogens is 3. The third-order valence-electron chi connectivity index (χ3n) is 4.13. The molecule has 2 aromatic carbocycles. The van der Waals surface area contributed by atoms with Crippen LogP contribution in [0.5, 0.6) is 11.6 Å². The molecule has 4 rings (SSSR count). The van der Waals surface area contributed by atoms with Crippen LogP contribution in [0.25, 0.3) is 11.0 Å². The molecule has 1 amide bonds. The summed E-state index contributed by atoms with van der Waals surface area (Å²) in [5.41, 5.74) is 1.50. The lowest BCUT2D eigenvalue weighted by Gasteiger charge is -2.11. The molecule has 9 heteroatoms. The topological polar surface area (TPSA) is 82.8 Å². The molecular weight excluding hydrogens is 398 g/mol. The molecule has 0 spiro atoms. The lowest BCUT2D eigenvalue weighted by molar-refractivity contribution is 0.0952. The summed E-state index contributed by atoms with van der Waals surface area (Å²) in [6.45, 7) is 0.0699. The molecule has 0 bridgehead atoms. The van der Waals surface area contributed by atoms with E-state index in [0.717, 1.165) is 6.07 Å². The number of nitrogens with one attached hydrogen (secondary N) is 3. The summed E-state index contributed by atoms with van der Waals surface area (Å²) in [5, 5.41) is 2.71. The Morgan fingerprint density at radius 1 is 1.10 bits per heavy atom. The molecule has 4 aromatic rings. The first-order chi connectivity index (χ1) is 14.0. The number of H-pyrrole nitrogens is 2. The number of rotatable bonds is 5. The summed E-state index contributed by atoms with van der Waals surface area (Å²) in [7, 11) is 0. The summed E-state index contributed by atoms with van der Waals surface area (Å²) >= 11 is 5.02. The highest BCUT2D eigenvalue weighted by Crippen LogP contribution is 2.24. The highest BCUT2D eigenvalue weighted by atomic mass is 32.1. The molecule has 0 aliphatic heterocycles. The SMILES string of the molecule is O=C(NCc1cccnc1Oc1cccc(F)c1)c1cc(F)cc2[nH]c(=S)[nH]c12. The largest absolute Gasteiger partial charge is 0.439 e. The van der Waals surface area contributed by atoms with E-state index in [0.29, 0.717) is 16.6 Å².